The molecular formula is C114H88BN5O. The maximum atomic E-state index is 6.73. The van der Waals surface area contributed by atoms with Crippen LogP contribution >= 0.6 is 0 Å². The van der Waals surface area contributed by atoms with E-state index in [1.807, 2.05) is 0 Å². The number of hydrogen-bond acceptors (Lipinski definition) is 3. The first-order chi connectivity index (χ1) is 58.9. The SMILES string of the molecule is CC(C)(C)c1ccc(N2c3cc(-n4c5ccccc5c5ccccc54)ccc3B3c4ccc(-n5c6ccc(C(C)(C)C)cc6c6cc(C(C)(C)C)ccc65)cc4N(c4c(-c5ccccc5)cccc4-c4ccccc4)c4cc(-c5c(-c6ccc7oc8ccccc8c7c6)cccc5-n5c6ccccc6c6ccccc65)cc2c43)c(-c2ccccc2)c1. The molecule has 0 unspecified atom stereocenters. The third kappa shape index (κ3) is 11.3. The lowest BCUT2D eigenvalue weighted by Crippen LogP contribution is -2.61. The standard InChI is InChI=1S/C114H88BN5O/c1-112(2,3)76-52-59-99(89(66-76)73-35-17-12-18-36-73)119-103-69-79(116-95-45-24-19-37-84(95)85-38-20-25-46-96(85)116)55-57-93(103)115-94-58-56-80(117-100-60-53-77(113(4,5)6)67-90(100)91-68-78(114(7,8)9)54-61-101(91)117)70-104(94)120(111-82(71-31-13-10-14-32-71)43-29-44-83(111)72-33-15-11-16-34-72)106-65-75(64-105(119)110(106)115)109-81(74-51-62-108-92(63-74)88-41-23-28-50-107(88)121-108)42-30-49-102(109)118-97-47-26-21-39-86(97)87-40-22-27-48-98(87)118/h10-70H,1-9H3. The predicted molar refractivity (Wildman–Crippen MR) is 514 cm³/mol. The van der Waals surface area contributed by atoms with Crippen molar-refractivity contribution in [1.82, 2.24) is 13.7 Å². The fraction of sp³-hybridized carbons (Fsp3) is 0.105. The normalized spacial score (nSPS) is 13.0. The minimum Gasteiger partial charge on any atom is -0.456 e. The second-order valence-electron chi connectivity index (χ2n) is 36.3. The van der Waals surface area contributed by atoms with Crippen LogP contribution in [-0.2, 0) is 16.2 Å². The first-order valence-corrected chi connectivity index (χ1v) is 42.6. The zero-order valence-corrected chi connectivity index (χ0v) is 69.4. The summed E-state index contributed by atoms with van der Waals surface area (Å²) in [6.07, 6.45) is 0. The lowest BCUT2D eigenvalue weighted by molar-refractivity contribution is 0.590. The Labute approximate surface area is 705 Å². The topological polar surface area (TPSA) is 34.4 Å². The second kappa shape index (κ2) is 27.1. The molecule has 121 heavy (non-hydrogen) atoms. The summed E-state index contributed by atoms with van der Waals surface area (Å²) in [5.41, 5.74) is 36.4. The van der Waals surface area contributed by atoms with E-state index >= 15 is 0 Å². The molecule has 7 heteroatoms. The summed E-state index contributed by atoms with van der Waals surface area (Å²) >= 11 is 0. The van der Waals surface area contributed by atoms with E-state index in [1.165, 1.54) is 65.4 Å². The Morgan fingerprint density at radius 1 is 0.231 bits per heavy atom. The van der Waals surface area contributed by atoms with Crippen molar-refractivity contribution < 1.29 is 4.42 Å². The van der Waals surface area contributed by atoms with E-state index < -0.39 is 0 Å². The summed E-state index contributed by atoms with van der Waals surface area (Å²) in [5, 5.41) is 9.43. The average molecular weight is 1550 g/mol. The number of fused-ring (bicyclic) bond motifs is 16. The Morgan fingerprint density at radius 3 is 1.17 bits per heavy atom. The average Bonchev–Trinajstić information content (AvgIpc) is 1.40. The van der Waals surface area contributed by atoms with E-state index in [9.17, 15) is 0 Å². The molecule has 578 valence electrons. The van der Waals surface area contributed by atoms with Gasteiger partial charge in [0.15, 0.2) is 0 Å². The predicted octanol–water partition coefficient (Wildman–Crippen LogP) is 29.2. The van der Waals surface area contributed by atoms with Crippen molar-refractivity contribution in [3.05, 3.63) is 387 Å². The molecule has 0 amide bonds. The van der Waals surface area contributed by atoms with Gasteiger partial charge < -0.3 is 27.9 Å². The van der Waals surface area contributed by atoms with E-state index in [-0.39, 0.29) is 23.0 Å². The van der Waals surface area contributed by atoms with Gasteiger partial charge in [-0.1, -0.05) is 311 Å². The molecule has 0 fully saturated rings. The van der Waals surface area contributed by atoms with Gasteiger partial charge in [-0.3, -0.25) is 0 Å². The van der Waals surface area contributed by atoms with Crippen LogP contribution < -0.4 is 26.2 Å². The maximum absolute atomic E-state index is 6.73. The highest BCUT2D eigenvalue weighted by Gasteiger charge is 2.46. The molecule has 0 bridgehead atoms. The highest BCUT2D eigenvalue weighted by atomic mass is 16.3. The second-order valence-corrected chi connectivity index (χ2v) is 36.3. The van der Waals surface area contributed by atoms with Crippen LogP contribution in [-0.4, -0.2) is 20.4 Å². The summed E-state index contributed by atoms with van der Waals surface area (Å²) < 4.78 is 14.3. The van der Waals surface area contributed by atoms with Gasteiger partial charge in [0.1, 0.15) is 11.2 Å². The van der Waals surface area contributed by atoms with Crippen molar-refractivity contribution in [3.63, 3.8) is 0 Å². The lowest BCUT2D eigenvalue weighted by atomic mass is 9.33. The van der Waals surface area contributed by atoms with Crippen molar-refractivity contribution in [2.75, 3.05) is 9.80 Å². The third-order valence-corrected chi connectivity index (χ3v) is 26.1. The lowest BCUT2D eigenvalue weighted by Gasteiger charge is -2.46. The Bertz CT molecular complexity index is 7610. The molecule has 0 atom stereocenters. The molecule has 17 aromatic carbocycles. The Kier molecular flexibility index (Phi) is 16.1. The summed E-state index contributed by atoms with van der Waals surface area (Å²) in [5.74, 6) is 0. The van der Waals surface area contributed by atoms with E-state index in [0.29, 0.717) is 0 Å². The van der Waals surface area contributed by atoms with Gasteiger partial charge in [-0.25, -0.2) is 0 Å². The van der Waals surface area contributed by atoms with Crippen molar-refractivity contribution in [1.29, 1.82) is 0 Å². The van der Waals surface area contributed by atoms with E-state index in [4.69, 9.17) is 4.42 Å². The molecule has 0 N–H and O–H groups in total. The van der Waals surface area contributed by atoms with Gasteiger partial charge in [0.2, 0.25) is 0 Å². The number of rotatable bonds is 10. The Morgan fingerprint density at radius 2 is 0.645 bits per heavy atom. The molecule has 6 nitrogen and oxygen atoms in total. The zero-order valence-electron chi connectivity index (χ0n) is 69.4. The number of benzene rings is 17. The van der Waals surface area contributed by atoms with Crippen molar-refractivity contribution in [3.8, 4) is 72.7 Å². The number of anilines is 6. The van der Waals surface area contributed by atoms with E-state index in [2.05, 4.69) is 456 Å². The number of hydrogen-bond donors (Lipinski definition) is 0. The summed E-state index contributed by atoms with van der Waals surface area (Å²) in [6, 6.07) is 141. The van der Waals surface area contributed by atoms with Gasteiger partial charge in [-0.2, -0.15) is 0 Å². The minimum atomic E-state index is -0.332. The monoisotopic (exact) mass is 1550 g/mol. The molecule has 23 rings (SSSR count). The molecule has 0 radical (unpaired) electrons. The first kappa shape index (κ1) is 71.9. The molecule has 21 aromatic rings. The van der Waals surface area contributed by atoms with E-state index in [1.54, 1.807) is 0 Å². The van der Waals surface area contributed by atoms with Gasteiger partial charge in [0.05, 0.1) is 50.2 Å². The molecule has 0 aliphatic carbocycles. The molecule has 0 spiro atoms. The van der Waals surface area contributed by atoms with Crippen molar-refractivity contribution >= 4 is 145 Å². The number of furan rings is 1. The van der Waals surface area contributed by atoms with Crippen LogP contribution in [0.25, 0.3) is 160 Å². The summed E-state index contributed by atoms with van der Waals surface area (Å²) in [4.78, 5) is 5.43. The Balaban J connectivity index is 0.920. The highest BCUT2D eigenvalue weighted by molar-refractivity contribution is 7.00. The number of aromatic nitrogens is 3. The van der Waals surface area contributed by atoms with Crippen LogP contribution in [0.2, 0.25) is 0 Å². The minimum absolute atomic E-state index is 0.0909. The fourth-order valence-corrected chi connectivity index (χ4v) is 20.2. The van der Waals surface area contributed by atoms with Crippen LogP contribution in [0.4, 0.5) is 34.1 Å². The molecule has 0 saturated heterocycles. The van der Waals surface area contributed by atoms with Gasteiger partial charge in [-0.05, 0) is 204 Å². The number of para-hydroxylation sites is 6. The molecule has 2 aliphatic heterocycles. The molecule has 4 aromatic heterocycles. The fourth-order valence-electron chi connectivity index (χ4n) is 20.2. The Hall–Kier alpha value is -14.4. The molecule has 0 saturated carbocycles. The summed E-state index contributed by atoms with van der Waals surface area (Å²) in [7, 11) is 0. The van der Waals surface area contributed by atoms with Gasteiger partial charge in [-0.15, -0.1) is 0 Å². The summed E-state index contributed by atoms with van der Waals surface area (Å²) in [6.45, 7) is 20.7. The highest BCUT2D eigenvalue weighted by Crippen LogP contribution is 2.56. The van der Waals surface area contributed by atoms with Gasteiger partial charge in [0.25, 0.3) is 6.71 Å². The molecular weight excluding hydrogens is 1470 g/mol. The quantitative estimate of drug-likeness (QED) is 0.128. The maximum Gasteiger partial charge on any atom is 0.252 e. The van der Waals surface area contributed by atoms with Crippen LogP contribution in [0.5, 0.6) is 0 Å². The number of nitrogens with zero attached hydrogens (tertiary/aromatic N) is 5. The van der Waals surface area contributed by atoms with Gasteiger partial charge in [0, 0.05) is 99.5 Å². The molecule has 6 heterocycles. The third-order valence-electron chi connectivity index (χ3n) is 26.1. The molecule has 2 aliphatic rings. The van der Waals surface area contributed by atoms with Crippen LogP contribution in [0, 0.1) is 0 Å². The van der Waals surface area contributed by atoms with Crippen molar-refractivity contribution in [2.24, 2.45) is 0 Å². The van der Waals surface area contributed by atoms with Gasteiger partial charge >= 0.3 is 0 Å². The van der Waals surface area contributed by atoms with Crippen LogP contribution in [0.3, 0.4) is 0 Å². The first-order valence-electron chi connectivity index (χ1n) is 42.6. The van der Waals surface area contributed by atoms with Crippen LogP contribution in [0.15, 0.2) is 374 Å². The van der Waals surface area contributed by atoms with E-state index in [0.717, 1.165) is 162 Å². The largest absolute Gasteiger partial charge is 0.456 e. The smallest absolute Gasteiger partial charge is 0.252 e. The van der Waals surface area contributed by atoms with Crippen molar-refractivity contribution in [2.45, 2.75) is 78.6 Å². The van der Waals surface area contributed by atoms with Crippen LogP contribution in [0.1, 0.15) is 79.0 Å². The zero-order chi connectivity index (χ0) is 81.5.